The molecule has 6 aromatic rings. The van der Waals surface area contributed by atoms with Gasteiger partial charge in [0.05, 0.1) is 5.41 Å². The van der Waals surface area contributed by atoms with Crippen molar-refractivity contribution in [2.75, 3.05) is 11.5 Å². The van der Waals surface area contributed by atoms with Gasteiger partial charge in [-0.1, -0.05) is 84.9 Å². The van der Waals surface area contributed by atoms with Crippen LogP contribution in [0.5, 0.6) is 23.0 Å². The van der Waals surface area contributed by atoms with Gasteiger partial charge in [-0.15, -0.1) is 0 Å². The predicted molar refractivity (Wildman–Crippen MR) is 166 cm³/mol. The quantitative estimate of drug-likeness (QED) is 0.210. The zero-order valence-corrected chi connectivity index (χ0v) is 22.3. The standard InChI is InChI=1S/C37H28N2O2/c38-27-7-5-9-31(23-27)40-29-19-15-25(16-20-29)37(35-13-3-1-11-33(35)34-12-2-4-14-36(34)37)26-17-21-30(22-18-26)41-32-10-6-8-28(39)24-32/h1-24H,38-39H2. The molecule has 0 spiro atoms. The Labute approximate surface area is 239 Å². The van der Waals surface area contributed by atoms with Gasteiger partial charge < -0.3 is 20.9 Å². The van der Waals surface area contributed by atoms with E-state index in [-0.39, 0.29) is 0 Å². The van der Waals surface area contributed by atoms with Gasteiger partial charge in [0.1, 0.15) is 23.0 Å². The highest BCUT2D eigenvalue weighted by Crippen LogP contribution is 2.56. The van der Waals surface area contributed by atoms with Gasteiger partial charge in [-0.2, -0.15) is 0 Å². The first-order valence-corrected chi connectivity index (χ1v) is 13.6. The van der Waals surface area contributed by atoms with Gasteiger partial charge in [-0.25, -0.2) is 0 Å². The molecule has 1 aliphatic rings. The van der Waals surface area contributed by atoms with E-state index in [4.69, 9.17) is 20.9 Å². The molecule has 198 valence electrons. The Morgan fingerprint density at radius 3 is 1.22 bits per heavy atom. The highest BCUT2D eigenvalue weighted by Gasteiger charge is 2.45. The van der Waals surface area contributed by atoms with E-state index < -0.39 is 5.41 Å². The van der Waals surface area contributed by atoms with Crippen molar-refractivity contribution >= 4 is 11.4 Å². The topological polar surface area (TPSA) is 70.5 Å². The first-order chi connectivity index (χ1) is 20.1. The van der Waals surface area contributed by atoms with Crippen LogP contribution in [-0.2, 0) is 5.41 Å². The van der Waals surface area contributed by atoms with Crippen molar-refractivity contribution in [1.29, 1.82) is 0 Å². The second kappa shape index (κ2) is 9.92. The summed E-state index contributed by atoms with van der Waals surface area (Å²) >= 11 is 0. The van der Waals surface area contributed by atoms with Gasteiger partial charge in [0.25, 0.3) is 0 Å². The Bertz CT molecular complexity index is 1720. The summed E-state index contributed by atoms with van der Waals surface area (Å²) in [6, 6.07) is 49.1. The minimum atomic E-state index is -0.515. The van der Waals surface area contributed by atoms with Crippen molar-refractivity contribution in [3.8, 4) is 34.1 Å². The van der Waals surface area contributed by atoms with Crippen LogP contribution in [0.15, 0.2) is 146 Å². The van der Waals surface area contributed by atoms with Crippen LogP contribution in [0.2, 0.25) is 0 Å². The fourth-order valence-corrected chi connectivity index (χ4v) is 6.00. The molecule has 1 aliphatic carbocycles. The van der Waals surface area contributed by atoms with Crippen molar-refractivity contribution in [1.82, 2.24) is 0 Å². The Morgan fingerprint density at radius 1 is 0.390 bits per heavy atom. The van der Waals surface area contributed by atoms with Crippen molar-refractivity contribution in [3.63, 3.8) is 0 Å². The van der Waals surface area contributed by atoms with Crippen LogP contribution in [0.4, 0.5) is 11.4 Å². The molecule has 4 N–H and O–H groups in total. The molecule has 0 bridgehead atoms. The number of fused-ring (bicyclic) bond motifs is 3. The maximum atomic E-state index is 6.13. The third-order valence-electron chi connectivity index (χ3n) is 7.71. The first kappa shape index (κ1) is 24.6. The lowest BCUT2D eigenvalue weighted by atomic mass is 9.68. The maximum absolute atomic E-state index is 6.13. The van der Waals surface area contributed by atoms with Crippen LogP contribution >= 0.6 is 0 Å². The number of ether oxygens (including phenoxy) is 2. The lowest BCUT2D eigenvalue weighted by Gasteiger charge is -2.34. The molecular weight excluding hydrogens is 504 g/mol. The number of anilines is 2. The summed E-state index contributed by atoms with van der Waals surface area (Å²) in [5, 5.41) is 0. The molecule has 0 unspecified atom stereocenters. The van der Waals surface area contributed by atoms with E-state index >= 15 is 0 Å². The van der Waals surface area contributed by atoms with E-state index in [0.717, 1.165) is 22.6 Å². The minimum Gasteiger partial charge on any atom is -0.457 e. The molecule has 0 fully saturated rings. The number of nitrogen functional groups attached to an aromatic ring is 2. The zero-order chi connectivity index (χ0) is 27.8. The van der Waals surface area contributed by atoms with Gasteiger partial charge in [0.2, 0.25) is 0 Å². The third kappa shape index (κ3) is 4.26. The zero-order valence-electron chi connectivity index (χ0n) is 22.3. The molecule has 0 aromatic heterocycles. The van der Waals surface area contributed by atoms with E-state index in [1.807, 2.05) is 72.8 Å². The molecular formula is C37H28N2O2. The molecule has 0 aliphatic heterocycles. The van der Waals surface area contributed by atoms with Crippen LogP contribution in [-0.4, -0.2) is 0 Å². The van der Waals surface area contributed by atoms with Gasteiger partial charge in [-0.3, -0.25) is 0 Å². The summed E-state index contributed by atoms with van der Waals surface area (Å²) in [6.45, 7) is 0. The monoisotopic (exact) mass is 532 g/mol. The number of benzene rings is 6. The van der Waals surface area contributed by atoms with Crippen molar-refractivity contribution in [2.45, 2.75) is 5.41 Å². The lowest BCUT2D eigenvalue weighted by Crippen LogP contribution is -2.28. The Kier molecular flexibility index (Phi) is 5.94. The Balaban J connectivity index is 1.35. The molecule has 6 aromatic carbocycles. The summed E-state index contributed by atoms with van der Waals surface area (Å²) in [4.78, 5) is 0. The molecule has 0 saturated carbocycles. The molecule has 4 nitrogen and oxygen atoms in total. The van der Waals surface area contributed by atoms with Crippen molar-refractivity contribution in [3.05, 3.63) is 168 Å². The maximum Gasteiger partial charge on any atom is 0.129 e. The van der Waals surface area contributed by atoms with E-state index in [2.05, 4.69) is 72.8 Å². The highest BCUT2D eigenvalue weighted by atomic mass is 16.5. The lowest BCUT2D eigenvalue weighted by molar-refractivity contribution is 0.482. The van der Waals surface area contributed by atoms with Crippen LogP contribution in [0.25, 0.3) is 11.1 Å². The second-order valence-corrected chi connectivity index (χ2v) is 10.2. The molecule has 0 saturated heterocycles. The van der Waals surface area contributed by atoms with E-state index in [1.165, 1.54) is 22.3 Å². The van der Waals surface area contributed by atoms with Crippen LogP contribution in [0, 0.1) is 0 Å². The van der Waals surface area contributed by atoms with Crippen molar-refractivity contribution in [2.24, 2.45) is 0 Å². The summed E-state index contributed by atoms with van der Waals surface area (Å²) < 4.78 is 12.3. The molecule has 4 heteroatoms. The van der Waals surface area contributed by atoms with E-state index in [0.29, 0.717) is 22.9 Å². The van der Waals surface area contributed by atoms with Gasteiger partial charge in [0, 0.05) is 23.5 Å². The normalized spacial score (nSPS) is 12.8. The van der Waals surface area contributed by atoms with Gasteiger partial charge in [-0.05, 0) is 81.9 Å². The first-order valence-electron chi connectivity index (χ1n) is 13.6. The smallest absolute Gasteiger partial charge is 0.129 e. The number of nitrogens with two attached hydrogens (primary N) is 2. The Morgan fingerprint density at radius 2 is 0.805 bits per heavy atom. The van der Waals surface area contributed by atoms with Gasteiger partial charge >= 0.3 is 0 Å². The van der Waals surface area contributed by atoms with E-state index in [9.17, 15) is 0 Å². The summed E-state index contributed by atoms with van der Waals surface area (Å²) in [6.07, 6.45) is 0. The summed E-state index contributed by atoms with van der Waals surface area (Å²) in [5.74, 6) is 2.92. The van der Waals surface area contributed by atoms with Crippen LogP contribution < -0.4 is 20.9 Å². The van der Waals surface area contributed by atoms with Crippen LogP contribution in [0.1, 0.15) is 22.3 Å². The average molecular weight is 533 g/mol. The average Bonchev–Trinajstić information content (AvgIpc) is 3.29. The molecule has 0 amide bonds. The third-order valence-corrected chi connectivity index (χ3v) is 7.71. The fourth-order valence-electron chi connectivity index (χ4n) is 6.00. The SMILES string of the molecule is Nc1cccc(Oc2ccc(C3(c4ccc(Oc5cccc(N)c5)cc4)c4ccccc4-c4ccccc43)cc2)c1. The minimum absolute atomic E-state index is 0.515. The van der Waals surface area contributed by atoms with Crippen LogP contribution in [0.3, 0.4) is 0 Å². The summed E-state index contributed by atoms with van der Waals surface area (Å²) in [7, 11) is 0. The second-order valence-electron chi connectivity index (χ2n) is 10.2. The molecule has 7 rings (SSSR count). The summed E-state index contributed by atoms with van der Waals surface area (Å²) in [5.41, 5.74) is 20.0. The number of hydrogen-bond acceptors (Lipinski definition) is 4. The van der Waals surface area contributed by atoms with Crippen molar-refractivity contribution < 1.29 is 9.47 Å². The van der Waals surface area contributed by atoms with Gasteiger partial charge in [0.15, 0.2) is 0 Å². The fraction of sp³-hybridized carbons (Fsp3) is 0.0270. The molecule has 41 heavy (non-hydrogen) atoms. The number of hydrogen-bond donors (Lipinski definition) is 2. The number of rotatable bonds is 6. The Hall–Kier alpha value is -5.48. The van der Waals surface area contributed by atoms with E-state index in [1.54, 1.807) is 0 Å². The molecule has 0 radical (unpaired) electrons. The molecule has 0 atom stereocenters. The molecule has 0 heterocycles. The largest absolute Gasteiger partial charge is 0.457 e. The predicted octanol–water partition coefficient (Wildman–Crippen LogP) is 8.80. The highest BCUT2D eigenvalue weighted by molar-refractivity contribution is 5.86.